The molecule has 3 heteroatoms. The first-order valence-corrected chi connectivity index (χ1v) is 9.96. The van der Waals surface area contributed by atoms with Crippen molar-refractivity contribution >= 4 is 29.8 Å². The third kappa shape index (κ3) is 6.60. The Morgan fingerprint density at radius 1 is 0.909 bits per heavy atom. The van der Waals surface area contributed by atoms with Crippen molar-refractivity contribution in [2.75, 3.05) is 19.8 Å². The maximum Gasteiger partial charge on any atom is 0.0241 e. The van der Waals surface area contributed by atoms with Crippen LogP contribution in [0.2, 0.25) is 0 Å². The molecule has 1 unspecified atom stereocenters. The molecule has 0 saturated carbocycles. The average molecular weight is 378 g/mol. The first kappa shape index (κ1) is 17.7. The standard InChI is InChI=1S/C19H25BrNP/c1-21(16-17-10-6-7-13-19(17)20)14-8-3-9-15-22-18-11-4-2-5-12-18/h2,4-7,10-13,22H,3,8-9,14-16H2,1H3. The first-order chi connectivity index (χ1) is 10.8. The van der Waals surface area contributed by atoms with Gasteiger partial charge in [0.05, 0.1) is 0 Å². The zero-order valence-electron chi connectivity index (χ0n) is 13.3. The van der Waals surface area contributed by atoms with Gasteiger partial charge in [0.15, 0.2) is 0 Å². The van der Waals surface area contributed by atoms with Crippen LogP contribution >= 0.6 is 24.5 Å². The summed E-state index contributed by atoms with van der Waals surface area (Å²) in [6.07, 6.45) is 5.30. The van der Waals surface area contributed by atoms with E-state index in [0.29, 0.717) is 0 Å². The van der Waals surface area contributed by atoms with Crippen molar-refractivity contribution in [1.29, 1.82) is 0 Å². The molecule has 2 aromatic rings. The molecule has 0 heterocycles. The minimum Gasteiger partial charge on any atom is -0.302 e. The summed E-state index contributed by atoms with van der Waals surface area (Å²) in [5, 5.41) is 1.49. The molecule has 0 spiro atoms. The van der Waals surface area contributed by atoms with E-state index in [1.807, 2.05) is 0 Å². The molecule has 2 aromatic carbocycles. The average Bonchev–Trinajstić information content (AvgIpc) is 2.54. The van der Waals surface area contributed by atoms with Gasteiger partial charge in [-0.3, -0.25) is 0 Å². The Morgan fingerprint density at radius 2 is 1.64 bits per heavy atom. The van der Waals surface area contributed by atoms with Gasteiger partial charge >= 0.3 is 0 Å². The van der Waals surface area contributed by atoms with Crippen LogP contribution in [0.3, 0.4) is 0 Å². The van der Waals surface area contributed by atoms with Crippen molar-refractivity contribution in [1.82, 2.24) is 4.90 Å². The topological polar surface area (TPSA) is 3.24 Å². The zero-order chi connectivity index (χ0) is 15.6. The fourth-order valence-corrected chi connectivity index (χ4v) is 4.02. The van der Waals surface area contributed by atoms with Gasteiger partial charge in [-0.05, 0) is 49.5 Å². The van der Waals surface area contributed by atoms with Crippen molar-refractivity contribution in [3.05, 3.63) is 64.6 Å². The first-order valence-electron chi connectivity index (χ1n) is 7.96. The molecule has 2 rings (SSSR count). The SMILES string of the molecule is CN(CCCCCPc1ccccc1)Cc1ccccc1Br. The van der Waals surface area contributed by atoms with Crippen molar-refractivity contribution in [3.63, 3.8) is 0 Å². The highest BCUT2D eigenvalue weighted by Crippen LogP contribution is 2.18. The summed E-state index contributed by atoms with van der Waals surface area (Å²) >= 11 is 3.62. The number of benzene rings is 2. The van der Waals surface area contributed by atoms with Crippen LogP contribution in [-0.4, -0.2) is 24.7 Å². The summed E-state index contributed by atoms with van der Waals surface area (Å²) in [5.74, 6) is 0. The summed E-state index contributed by atoms with van der Waals surface area (Å²) in [6, 6.07) is 19.3. The summed E-state index contributed by atoms with van der Waals surface area (Å²) in [6.45, 7) is 2.20. The van der Waals surface area contributed by atoms with Gasteiger partial charge in [0.2, 0.25) is 0 Å². The number of hydrogen-bond acceptors (Lipinski definition) is 1. The summed E-state index contributed by atoms with van der Waals surface area (Å²) < 4.78 is 1.21. The number of hydrogen-bond donors (Lipinski definition) is 0. The van der Waals surface area contributed by atoms with Gasteiger partial charge in [-0.1, -0.05) is 79.5 Å². The largest absolute Gasteiger partial charge is 0.302 e. The second kappa shape index (κ2) is 10.2. The lowest BCUT2D eigenvalue weighted by atomic mass is 10.2. The van der Waals surface area contributed by atoms with Crippen LogP contribution in [-0.2, 0) is 6.54 Å². The van der Waals surface area contributed by atoms with E-state index < -0.39 is 0 Å². The Balaban J connectivity index is 1.56. The van der Waals surface area contributed by atoms with Crippen molar-refractivity contribution in [2.45, 2.75) is 25.8 Å². The van der Waals surface area contributed by atoms with Crippen LogP contribution in [0.1, 0.15) is 24.8 Å². The Labute approximate surface area is 145 Å². The highest BCUT2D eigenvalue weighted by Gasteiger charge is 2.03. The highest BCUT2D eigenvalue weighted by molar-refractivity contribution is 9.10. The van der Waals surface area contributed by atoms with Crippen LogP contribution in [0.25, 0.3) is 0 Å². The summed E-state index contributed by atoms with van der Waals surface area (Å²) in [7, 11) is 3.18. The van der Waals surface area contributed by atoms with Crippen LogP contribution in [0.4, 0.5) is 0 Å². The molecule has 1 atom stereocenters. The number of halogens is 1. The molecule has 0 aromatic heterocycles. The molecular weight excluding hydrogens is 353 g/mol. The van der Waals surface area contributed by atoms with Crippen LogP contribution in [0.15, 0.2) is 59.1 Å². The Morgan fingerprint density at radius 3 is 2.41 bits per heavy atom. The molecule has 0 aliphatic carbocycles. The monoisotopic (exact) mass is 377 g/mol. The van der Waals surface area contributed by atoms with Crippen LogP contribution in [0.5, 0.6) is 0 Å². The molecule has 0 N–H and O–H groups in total. The van der Waals surface area contributed by atoms with Gasteiger partial charge in [0.1, 0.15) is 0 Å². The van der Waals surface area contributed by atoms with Crippen molar-refractivity contribution < 1.29 is 0 Å². The Hall–Kier alpha value is -0.690. The van der Waals surface area contributed by atoms with Gasteiger partial charge in [-0.2, -0.15) is 0 Å². The second-order valence-corrected chi connectivity index (χ2v) is 7.97. The van der Waals surface area contributed by atoms with Gasteiger partial charge in [0, 0.05) is 11.0 Å². The van der Waals surface area contributed by atoms with E-state index in [1.165, 1.54) is 47.3 Å². The van der Waals surface area contributed by atoms with E-state index in [9.17, 15) is 0 Å². The zero-order valence-corrected chi connectivity index (χ0v) is 15.8. The normalized spacial score (nSPS) is 11.6. The predicted molar refractivity (Wildman–Crippen MR) is 104 cm³/mol. The molecule has 0 fully saturated rings. The Kier molecular flexibility index (Phi) is 8.15. The third-order valence-corrected chi connectivity index (χ3v) is 5.84. The predicted octanol–water partition coefficient (Wildman–Crippen LogP) is 5.06. The minimum atomic E-state index is 0.967. The van der Waals surface area contributed by atoms with Crippen LogP contribution < -0.4 is 5.30 Å². The molecule has 0 radical (unpaired) electrons. The minimum absolute atomic E-state index is 0.967. The molecule has 0 aliphatic heterocycles. The molecule has 22 heavy (non-hydrogen) atoms. The van der Waals surface area contributed by atoms with E-state index in [4.69, 9.17) is 0 Å². The highest BCUT2D eigenvalue weighted by atomic mass is 79.9. The lowest BCUT2D eigenvalue weighted by molar-refractivity contribution is 0.318. The number of rotatable bonds is 9. The molecule has 118 valence electrons. The van der Waals surface area contributed by atoms with E-state index in [-0.39, 0.29) is 0 Å². The maximum absolute atomic E-state index is 3.62. The van der Waals surface area contributed by atoms with E-state index >= 15 is 0 Å². The summed E-state index contributed by atoms with van der Waals surface area (Å²) in [4.78, 5) is 2.42. The van der Waals surface area contributed by atoms with Gasteiger partial charge in [-0.25, -0.2) is 0 Å². The van der Waals surface area contributed by atoms with Crippen molar-refractivity contribution in [2.24, 2.45) is 0 Å². The van der Waals surface area contributed by atoms with E-state index in [2.05, 4.69) is 82.5 Å². The van der Waals surface area contributed by atoms with E-state index in [1.54, 1.807) is 0 Å². The lowest BCUT2D eigenvalue weighted by Crippen LogP contribution is -2.19. The molecular formula is C19H25BrNP. The Bertz CT molecular complexity index is 544. The number of nitrogens with zero attached hydrogens (tertiary/aromatic N) is 1. The fourth-order valence-electron chi connectivity index (χ4n) is 2.47. The summed E-state index contributed by atoms with van der Waals surface area (Å²) in [5.41, 5.74) is 1.37. The van der Waals surface area contributed by atoms with Crippen molar-refractivity contribution in [3.8, 4) is 0 Å². The van der Waals surface area contributed by atoms with E-state index in [0.717, 1.165) is 15.1 Å². The molecule has 1 nitrogen and oxygen atoms in total. The lowest BCUT2D eigenvalue weighted by Gasteiger charge is -2.17. The van der Waals surface area contributed by atoms with Gasteiger partial charge in [0.25, 0.3) is 0 Å². The molecule has 0 saturated heterocycles. The molecule has 0 bridgehead atoms. The smallest absolute Gasteiger partial charge is 0.0241 e. The number of unbranched alkanes of at least 4 members (excludes halogenated alkanes) is 2. The van der Waals surface area contributed by atoms with Crippen LogP contribution in [0, 0.1) is 0 Å². The quantitative estimate of drug-likeness (QED) is 0.436. The second-order valence-electron chi connectivity index (χ2n) is 5.68. The fraction of sp³-hybridized carbons (Fsp3) is 0.368. The third-order valence-electron chi connectivity index (χ3n) is 3.72. The maximum atomic E-state index is 3.62. The van der Waals surface area contributed by atoms with Gasteiger partial charge in [-0.15, -0.1) is 0 Å². The molecule has 0 aliphatic rings. The van der Waals surface area contributed by atoms with Gasteiger partial charge < -0.3 is 4.90 Å². The molecule has 0 amide bonds.